The summed E-state index contributed by atoms with van der Waals surface area (Å²) in [5, 5.41) is 6.57. The molecule has 2 N–H and O–H groups in total. The predicted molar refractivity (Wildman–Crippen MR) is 103 cm³/mol. The average molecular weight is 361 g/mol. The van der Waals surface area contributed by atoms with E-state index in [1.807, 2.05) is 43.9 Å². The molecule has 1 unspecified atom stereocenters. The number of nitrogens with one attached hydrogen (secondary N) is 2. The number of likely N-dealkylation sites (tertiary alicyclic amines) is 1. The number of ether oxygens (including phenoxy) is 1. The van der Waals surface area contributed by atoms with Crippen molar-refractivity contribution < 1.29 is 9.53 Å². The molecule has 7 nitrogen and oxygen atoms in total. The fourth-order valence-electron chi connectivity index (χ4n) is 2.89. The molecule has 1 aliphatic heterocycles. The zero-order valence-electron chi connectivity index (χ0n) is 16.3. The van der Waals surface area contributed by atoms with Crippen molar-refractivity contribution in [3.05, 3.63) is 30.1 Å². The van der Waals surface area contributed by atoms with Crippen molar-refractivity contribution >= 4 is 12.1 Å². The maximum absolute atomic E-state index is 12.5. The largest absolute Gasteiger partial charge is 0.444 e. The van der Waals surface area contributed by atoms with Crippen molar-refractivity contribution in [1.29, 1.82) is 0 Å². The van der Waals surface area contributed by atoms with Gasteiger partial charge in [-0.1, -0.05) is 6.07 Å². The highest BCUT2D eigenvalue weighted by atomic mass is 16.6. The Hall–Kier alpha value is -2.31. The van der Waals surface area contributed by atoms with Gasteiger partial charge in [0.05, 0.1) is 18.3 Å². The first-order valence-corrected chi connectivity index (χ1v) is 9.23. The first kappa shape index (κ1) is 20.0. The first-order valence-electron chi connectivity index (χ1n) is 9.23. The van der Waals surface area contributed by atoms with Crippen LogP contribution in [0, 0.1) is 0 Å². The number of guanidine groups is 1. The molecule has 1 amide bonds. The molecule has 1 aromatic rings. The second-order valence-electron chi connectivity index (χ2n) is 7.45. The molecule has 0 bridgehead atoms. The van der Waals surface area contributed by atoms with E-state index in [1.165, 1.54) is 0 Å². The zero-order valence-corrected chi connectivity index (χ0v) is 16.3. The van der Waals surface area contributed by atoms with E-state index in [0.717, 1.165) is 31.5 Å². The van der Waals surface area contributed by atoms with E-state index in [-0.39, 0.29) is 12.1 Å². The van der Waals surface area contributed by atoms with Gasteiger partial charge in [0.25, 0.3) is 0 Å². The highest BCUT2D eigenvalue weighted by molar-refractivity contribution is 5.79. The molecule has 1 fully saturated rings. The molecular formula is C19H31N5O2. The van der Waals surface area contributed by atoms with E-state index in [1.54, 1.807) is 13.2 Å². The smallest absolute Gasteiger partial charge is 0.410 e. The summed E-state index contributed by atoms with van der Waals surface area (Å²) in [5.74, 6) is 0.699. The summed E-state index contributed by atoms with van der Waals surface area (Å²) in [6.45, 7) is 7.66. The number of hydrogen-bond donors (Lipinski definition) is 2. The Balaban J connectivity index is 1.87. The quantitative estimate of drug-likeness (QED) is 0.636. The third kappa shape index (κ3) is 6.54. The molecule has 144 valence electrons. The lowest BCUT2D eigenvalue weighted by atomic mass is 10.0. The van der Waals surface area contributed by atoms with E-state index < -0.39 is 5.60 Å². The Morgan fingerprint density at radius 2 is 2.15 bits per heavy atom. The Morgan fingerprint density at radius 3 is 2.81 bits per heavy atom. The van der Waals surface area contributed by atoms with Crippen LogP contribution in [-0.4, -0.2) is 53.7 Å². The maximum atomic E-state index is 12.5. The van der Waals surface area contributed by atoms with Crippen LogP contribution in [0.25, 0.3) is 0 Å². The number of amides is 1. The van der Waals surface area contributed by atoms with E-state index in [9.17, 15) is 4.79 Å². The van der Waals surface area contributed by atoms with E-state index in [4.69, 9.17) is 4.74 Å². The van der Waals surface area contributed by atoms with Gasteiger partial charge in [-0.05, 0) is 52.2 Å². The minimum absolute atomic E-state index is 0.104. The van der Waals surface area contributed by atoms with Gasteiger partial charge in [-0.15, -0.1) is 0 Å². The summed E-state index contributed by atoms with van der Waals surface area (Å²) < 4.78 is 5.55. The number of carbonyl (C=O) groups excluding carboxylic acids is 1. The van der Waals surface area contributed by atoms with Gasteiger partial charge >= 0.3 is 6.09 Å². The number of pyridine rings is 1. The number of aromatic nitrogens is 1. The first-order chi connectivity index (χ1) is 12.4. The lowest BCUT2D eigenvalue weighted by Gasteiger charge is -2.37. The lowest BCUT2D eigenvalue weighted by Crippen LogP contribution is -2.52. The monoisotopic (exact) mass is 361 g/mol. The van der Waals surface area contributed by atoms with Gasteiger partial charge in [-0.25, -0.2) is 4.79 Å². The molecule has 0 radical (unpaired) electrons. The minimum Gasteiger partial charge on any atom is -0.444 e. The van der Waals surface area contributed by atoms with E-state index in [2.05, 4.69) is 20.6 Å². The van der Waals surface area contributed by atoms with Crippen molar-refractivity contribution in [3.63, 3.8) is 0 Å². The fourth-order valence-corrected chi connectivity index (χ4v) is 2.89. The van der Waals surface area contributed by atoms with E-state index >= 15 is 0 Å². The summed E-state index contributed by atoms with van der Waals surface area (Å²) in [5.41, 5.74) is 0.468. The standard InChI is InChI=1S/C19H31N5O2/c1-19(2,3)26-18(25)24-12-8-6-10-16(24)14-23-17(20-4)22-13-15-9-5-7-11-21-15/h5,7,9,11,16H,6,8,10,12-14H2,1-4H3,(H2,20,22,23). The molecule has 2 rings (SSSR count). The van der Waals surface area contributed by atoms with Crippen molar-refractivity contribution in [2.45, 2.75) is 58.2 Å². The molecule has 0 spiro atoms. The molecular weight excluding hydrogens is 330 g/mol. The van der Waals surface area contributed by atoms with Crippen LogP contribution >= 0.6 is 0 Å². The molecule has 1 aliphatic rings. The van der Waals surface area contributed by atoms with Crippen LogP contribution in [-0.2, 0) is 11.3 Å². The third-order valence-corrected chi connectivity index (χ3v) is 4.15. The normalized spacial score (nSPS) is 18.4. The number of rotatable bonds is 4. The fraction of sp³-hybridized carbons (Fsp3) is 0.632. The number of hydrogen-bond acceptors (Lipinski definition) is 4. The summed E-state index contributed by atoms with van der Waals surface area (Å²) in [6, 6.07) is 5.92. The zero-order chi connectivity index (χ0) is 19.0. The van der Waals surface area contributed by atoms with Gasteiger partial charge in [-0.2, -0.15) is 0 Å². The molecule has 0 aliphatic carbocycles. The van der Waals surface area contributed by atoms with Crippen molar-refractivity contribution in [2.24, 2.45) is 4.99 Å². The molecule has 1 aromatic heterocycles. The van der Waals surface area contributed by atoms with Gasteiger partial charge < -0.3 is 20.3 Å². The van der Waals surface area contributed by atoms with Gasteiger partial charge in [0.2, 0.25) is 0 Å². The number of nitrogens with zero attached hydrogens (tertiary/aromatic N) is 3. The van der Waals surface area contributed by atoms with E-state index in [0.29, 0.717) is 19.0 Å². The Labute approximate surface area is 156 Å². The van der Waals surface area contributed by atoms with Crippen molar-refractivity contribution in [1.82, 2.24) is 20.5 Å². The third-order valence-electron chi connectivity index (χ3n) is 4.15. The van der Waals surface area contributed by atoms with Crippen molar-refractivity contribution in [3.8, 4) is 0 Å². The van der Waals surface area contributed by atoms with Crippen LogP contribution in [0.1, 0.15) is 45.7 Å². The molecule has 2 heterocycles. The molecule has 0 saturated carbocycles. The number of carbonyl (C=O) groups is 1. The van der Waals surface area contributed by atoms with Crippen LogP contribution in [0.5, 0.6) is 0 Å². The number of piperidine rings is 1. The van der Waals surface area contributed by atoms with Crippen LogP contribution in [0.15, 0.2) is 29.4 Å². The van der Waals surface area contributed by atoms with Crippen LogP contribution in [0.3, 0.4) is 0 Å². The highest BCUT2D eigenvalue weighted by Gasteiger charge is 2.30. The highest BCUT2D eigenvalue weighted by Crippen LogP contribution is 2.20. The second kappa shape index (κ2) is 9.40. The molecule has 7 heteroatoms. The van der Waals surface area contributed by atoms with Gasteiger partial charge in [0.15, 0.2) is 5.96 Å². The Morgan fingerprint density at radius 1 is 1.35 bits per heavy atom. The van der Waals surface area contributed by atoms with Crippen LogP contribution in [0.4, 0.5) is 4.79 Å². The summed E-state index contributed by atoms with van der Waals surface area (Å²) in [4.78, 5) is 22.9. The summed E-state index contributed by atoms with van der Waals surface area (Å²) in [6.07, 6.45) is 4.63. The Kier molecular flexibility index (Phi) is 7.24. The molecule has 1 atom stereocenters. The van der Waals surface area contributed by atoms with Crippen molar-refractivity contribution in [2.75, 3.05) is 20.1 Å². The minimum atomic E-state index is -0.479. The lowest BCUT2D eigenvalue weighted by molar-refractivity contribution is 0.0104. The van der Waals surface area contributed by atoms with Crippen LogP contribution < -0.4 is 10.6 Å². The number of aliphatic imine (C=N–C) groups is 1. The Bertz CT molecular complexity index is 598. The van der Waals surface area contributed by atoms with Crippen LogP contribution in [0.2, 0.25) is 0 Å². The van der Waals surface area contributed by atoms with Gasteiger partial charge in [0.1, 0.15) is 5.60 Å². The predicted octanol–water partition coefficient (Wildman–Crippen LogP) is 2.54. The average Bonchev–Trinajstić information content (AvgIpc) is 2.61. The topological polar surface area (TPSA) is 78.9 Å². The van der Waals surface area contributed by atoms with Gasteiger partial charge in [-0.3, -0.25) is 9.98 Å². The molecule has 1 saturated heterocycles. The maximum Gasteiger partial charge on any atom is 0.410 e. The molecule has 0 aromatic carbocycles. The second-order valence-corrected chi connectivity index (χ2v) is 7.45. The summed E-state index contributed by atoms with van der Waals surface area (Å²) in [7, 11) is 1.74. The molecule has 26 heavy (non-hydrogen) atoms. The summed E-state index contributed by atoms with van der Waals surface area (Å²) >= 11 is 0. The SMILES string of the molecule is CN=C(NCc1ccccn1)NCC1CCCCN1C(=O)OC(C)(C)C. The van der Waals surface area contributed by atoms with Gasteiger partial charge in [0, 0.05) is 26.3 Å².